The average Bonchev–Trinajstić information content (AvgIpc) is 2.42. The highest BCUT2D eigenvalue weighted by Gasteiger charge is 2.38. The van der Waals surface area contributed by atoms with Crippen LogP contribution in [0, 0.1) is 11.8 Å². The van der Waals surface area contributed by atoms with Crippen molar-refractivity contribution >= 4 is 11.9 Å². The molecule has 2 atom stereocenters. The first-order valence-corrected chi connectivity index (χ1v) is 7.26. The number of alkyl halides is 6. The zero-order valence-corrected chi connectivity index (χ0v) is 14.2. The highest BCUT2D eigenvalue weighted by molar-refractivity contribution is 5.40. The van der Waals surface area contributed by atoms with Crippen molar-refractivity contribution in [3.8, 4) is 11.8 Å². The van der Waals surface area contributed by atoms with Gasteiger partial charge in [0.15, 0.2) is 0 Å². The zero-order chi connectivity index (χ0) is 20.3. The Morgan fingerprint density at radius 3 is 1.54 bits per heavy atom. The van der Waals surface area contributed by atoms with Gasteiger partial charge in [-0.2, -0.15) is 41.3 Å². The third-order valence-corrected chi connectivity index (χ3v) is 2.79. The van der Waals surface area contributed by atoms with E-state index in [0.29, 0.717) is 0 Å². The van der Waals surface area contributed by atoms with Gasteiger partial charge in [0.1, 0.15) is 17.7 Å². The molecule has 0 aliphatic carbocycles. The molecule has 146 valence electrons. The number of hydrogen-bond donors (Lipinski definition) is 3. The Hall–Kier alpha value is -2.29. The molecule has 0 amide bonds. The van der Waals surface area contributed by atoms with Crippen LogP contribution >= 0.6 is 0 Å². The summed E-state index contributed by atoms with van der Waals surface area (Å²) in [7, 11) is 0. The minimum atomic E-state index is -4.63. The lowest BCUT2D eigenvalue weighted by molar-refractivity contribution is -0.139. The third kappa shape index (κ3) is 7.30. The SMILES string of the molecule is CC(Nc1nc(C#CC(C)(C)O)nc(N[C@H](C)C(F)(F)F)n1)C(F)(F)F. The number of anilines is 2. The van der Waals surface area contributed by atoms with Gasteiger partial charge in [-0.15, -0.1) is 0 Å². The first kappa shape index (κ1) is 21.8. The monoisotopic (exact) mass is 385 g/mol. The van der Waals surface area contributed by atoms with Crippen LogP contribution in [0.3, 0.4) is 0 Å². The molecular weight excluding hydrogens is 368 g/mol. The number of aliphatic hydroxyl groups is 1. The van der Waals surface area contributed by atoms with Crippen LogP contribution < -0.4 is 10.6 Å². The summed E-state index contributed by atoms with van der Waals surface area (Å²) in [5.41, 5.74) is -1.47. The maximum atomic E-state index is 12.6. The maximum absolute atomic E-state index is 12.6. The van der Waals surface area contributed by atoms with Gasteiger partial charge in [0.2, 0.25) is 17.7 Å². The van der Waals surface area contributed by atoms with Crippen molar-refractivity contribution in [1.29, 1.82) is 0 Å². The van der Waals surface area contributed by atoms with Gasteiger partial charge >= 0.3 is 12.4 Å². The van der Waals surface area contributed by atoms with Crippen LogP contribution in [0.1, 0.15) is 33.5 Å². The second kappa shape index (κ2) is 7.53. The van der Waals surface area contributed by atoms with Crippen molar-refractivity contribution in [3.63, 3.8) is 0 Å². The molecule has 0 spiro atoms. The predicted octanol–water partition coefficient (Wildman–Crippen LogP) is 2.72. The lowest BCUT2D eigenvalue weighted by atomic mass is 10.1. The van der Waals surface area contributed by atoms with Crippen molar-refractivity contribution < 1.29 is 31.4 Å². The lowest BCUT2D eigenvalue weighted by Gasteiger charge is -2.19. The van der Waals surface area contributed by atoms with E-state index in [-0.39, 0.29) is 0 Å². The Bertz CT molecular complexity index is 646. The second-order valence-corrected chi connectivity index (χ2v) is 5.93. The summed E-state index contributed by atoms with van der Waals surface area (Å²) in [5.74, 6) is 2.97. The molecule has 0 radical (unpaired) electrons. The second-order valence-electron chi connectivity index (χ2n) is 5.93. The highest BCUT2D eigenvalue weighted by atomic mass is 19.4. The molecule has 1 aromatic rings. The summed E-state index contributed by atoms with van der Waals surface area (Å²) < 4.78 is 75.9. The first-order valence-electron chi connectivity index (χ1n) is 7.26. The van der Waals surface area contributed by atoms with E-state index in [0.717, 1.165) is 13.8 Å². The Kier molecular flexibility index (Phi) is 6.30. The quantitative estimate of drug-likeness (QED) is 0.546. The van der Waals surface area contributed by atoms with Gasteiger partial charge in [-0.25, -0.2) is 0 Å². The molecule has 6 nitrogen and oxygen atoms in total. The third-order valence-electron chi connectivity index (χ3n) is 2.79. The molecule has 0 saturated heterocycles. The minimum Gasteiger partial charge on any atom is -0.378 e. The average molecular weight is 385 g/mol. The number of hydrogen-bond acceptors (Lipinski definition) is 6. The van der Waals surface area contributed by atoms with E-state index < -0.39 is 47.8 Å². The molecule has 3 N–H and O–H groups in total. The van der Waals surface area contributed by atoms with Crippen molar-refractivity contribution in [2.45, 2.75) is 57.7 Å². The van der Waals surface area contributed by atoms with Gasteiger partial charge in [0.25, 0.3) is 0 Å². The largest absolute Gasteiger partial charge is 0.408 e. The lowest BCUT2D eigenvalue weighted by Crippen LogP contribution is -2.35. The standard InChI is InChI=1S/C14H17F6N5O/c1-7(13(15,16)17)21-10-23-9(5-6-12(3,4)26)24-11(25-10)22-8(2)14(18,19)20/h7-8,26H,1-4H3,(H2,21,22,23,24,25)/t7-,8?/m1/s1. The van der Waals surface area contributed by atoms with Crippen molar-refractivity contribution in [2.24, 2.45) is 0 Å². The van der Waals surface area contributed by atoms with E-state index in [1.165, 1.54) is 13.8 Å². The van der Waals surface area contributed by atoms with Crippen molar-refractivity contribution in [3.05, 3.63) is 5.82 Å². The van der Waals surface area contributed by atoms with E-state index >= 15 is 0 Å². The molecule has 0 saturated carbocycles. The molecule has 0 aromatic carbocycles. The summed E-state index contributed by atoms with van der Waals surface area (Å²) in [6.07, 6.45) is -9.25. The number of rotatable bonds is 4. The van der Waals surface area contributed by atoms with Crippen LogP contribution in [-0.4, -0.2) is 50.1 Å². The van der Waals surface area contributed by atoms with Gasteiger partial charge < -0.3 is 15.7 Å². The van der Waals surface area contributed by atoms with Gasteiger partial charge in [-0.05, 0) is 33.6 Å². The van der Waals surface area contributed by atoms with Crippen LogP contribution in [0.2, 0.25) is 0 Å². The molecule has 1 unspecified atom stereocenters. The number of nitrogens with one attached hydrogen (secondary N) is 2. The Morgan fingerprint density at radius 2 is 1.23 bits per heavy atom. The fourth-order valence-corrected chi connectivity index (χ4v) is 1.32. The molecule has 12 heteroatoms. The van der Waals surface area contributed by atoms with Crippen molar-refractivity contribution in [2.75, 3.05) is 10.6 Å². The molecule has 0 bridgehead atoms. The van der Waals surface area contributed by atoms with Crippen LogP contribution in [0.25, 0.3) is 0 Å². The van der Waals surface area contributed by atoms with Crippen LogP contribution in [0.15, 0.2) is 0 Å². The molecule has 26 heavy (non-hydrogen) atoms. The summed E-state index contributed by atoms with van der Waals surface area (Å²) in [6, 6.07) is -4.12. The summed E-state index contributed by atoms with van der Waals surface area (Å²) in [6.45, 7) is 4.24. The summed E-state index contributed by atoms with van der Waals surface area (Å²) in [5, 5.41) is 13.4. The van der Waals surface area contributed by atoms with E-state index in [2.05, 4.69) is 26.8 Å². The fourth-order valence-electron chi connectivity index (χ4n) is 1.32. The normalized spacial score (nSPS) is 14.9. The van der Waals surface area contributed by atoms with Gasteiger partial charge in [0.05, 0.1) is 0 Å². The fraction of sp³-hybridized carbons (Fsp3) is 0.643. The van der Waals surface area contributed by atoms with Gasteiger partial charge in [0, 0.05) is 0 Å². The molecular formula is C14H17F6N5O. The maximum Gasteiger partial charge on any atom is 0.408 e. The topological polar surface area (TPSA) is 83.0 Å². The van der Waals surface area contributed by atoms with Gasteiger partial charge in [-0.3, -0.25) is 0 Å². The number of halogens is 6. The Morgan fingerprint density at radius 1 is 0.846 bits per heavy atom. The van der Waals surface area contributed by atoms with E-state index in [1.807, 2.05) is 10.6 Å². The van der Waals surface area contributed by atoms with Crippen LogP contribution in [0.5, 0.6) is 0 Å². The Labute approximate surface area is 145 Å². The highest BCUT2D eigenvalue weighted by Crippen LogP contribution is 2.24. The molecule has 1 heterocycles. The Balaban J connectivity index is 3.23. The van der Waals surface area contributed by atoms with E-state index in [4.69, 9.17) is 0 Å². The van der Waals surface area contributed by atoms with Crippen molar-refractivity contribution in [1.82, 2.24) is 15.0 Å². The summed E-state index contributed by atoms with van der Waals surface area (Å²) in [4.78, 5) is 10.8. The van der Waals surface area contributed by atoms with E-state index in [9.17, 15) is 31.4 Å². The minimum absolute atomic E-state index is 0.407. The first-order chi connectivity index (χ1) is 11.6. The molecule has 1 rings (SSSR count). The molecule has 0 aliphatic heterocycles. The molecule has 0 aliphatic rings. The zero-order valence-electron chi connectivity index (χ0n) is 14.2. The molecule has 0 fully saturated rings. The molecule has 1 aromatic heterocycles. The van der Waals surface area contributed by atoms with E-state index in [1.54, 1.807) is 0 Å². The smallest absolute Gasteiger partial charge is 0.378 e. The summed E-state index contributed by atoms with van der Waals surface area (Å²) >= 11 is 0. The van der Waals surface area contributed by atoms with Crippen LogP contribution in [-0.2, 0) is 0 Å². The van der Waals surface area contributed by atoms with Crippen LogP contribution in [0.4, 0.5) is 38.2 Å². The number of aromatic nitrogens is 3. The number of nitrogens with zero attached hydrogens (tertiary/aromatic N) is 3. The predicted molar refractivity (Wildman–Crippen MR) is 81.3 cm³/mol. The van der Waals surface area contributed by atoms with Gasteiger partial charge in [-0.1, -0.05) is 5.92 Å².